The van der Waals surface area contributed by atoms with Gasteiger partial charge in [-0.3, -0.25) is 14.5 Å². The van der Waals surface area contributed by atoms with Gasteiger partial charge in [0.2, 0.25) is 5.91 Å². The minimum atomic E-state index is -1.06. The van der Waals surface area contributed by atoms with Gasteiger partial charge in [0.1, 0.15) is 10.4 Å². The Morgan fingerprint density at radius 1 is 1.33 bits per heavy atom. The molecule has 1 saturated heterocycles. The first-order chi connectivity index (χ1) is 12.8. The van der Waals surface area contributed by atoms with E-state index in [-0.39, 0.29) is 24.8 Å². The fourth-order valence-electron chi connectivity index (χ4n) is 2.54. The molecule has 27 heavy (non-hydrogen) atoms. The van der Waals surface area contributed by atoms with Crippen LogP contribution in [-0.4, -0.2) is 44.7 Å². The van der Waals surface area contributed by atoms with E-state index in [1.165, 1.54) is 16.7 Å². The number of nitrogens with zero attached hydrogens (tertiary/aromatic N) is 1. The van der Waals surface area contributed by atoms with Crippen molar-refractivity contribution in [3.05, 3.63) is 40.8 Å². The molecule has 144 valence electrons. The zero-order valence-corrected chi connectivity index (χ0v) is 16.8. The van der Waals surface area contributed by atoms with E-state index < -0.39 is 17.9 Å². The number of carbonyl (C=O) groups is 3. The van der Waals surface area contributed by atoms with E-state index in [1.807, 2.05) is 37.3 Å². The summed E-state index contributed by atoms with van der Waals surface area (Å²) in [4.78, 5) is 37.9. The molecule has 0 radical (unpaired) electrons. The summed E-state index contributed by atoms with van der Waals surface area (Å²) in [6, 6.07) is 8.50. The number of aliphatic carboxylic acids is 1. The molecule has 0 saturated carbocycles. The third-order valence-corrected chi connectivity index (χ3v) is 5.71. The summed E-state index contributed by atoms with van der Waals surface area (Å²) in [5, 5.41) is 11.8. The second-order valence-corrected chi connectivity index (χ2v) is 7.94. The minimum Gasteiger partial charge on any atom is -0.480 e. The van der Waals surface area contributed by atoms with Gasteiger partial charge in [0.15, 0.2) is 0 Å². The van der Waals surface area contributed by atoms with Crippen LogP contribution in [0.4, 0.5) is 0 Å². The molecule has 2 amide bonds. The maximum atomic E-state index is 12.5. The fraction of sp³-hybridized carbons (Fsp3) is 0.368. The lowest BCUT2D eigenvalue weighted by Gasteiger charge is -2.21. The van der Waals surface area contributed by atoms with Crippen molar-refractivity contribution >= 4 is 52.2 Å². The molecule has 1 aliphatic rings. The Morgan fingerprint density at radius 2 is 2.00 bits per heavy atom. The van der Waals surface area contributed by atoms with Gasteiger partial charge in [0.25, 0.3) is 5.91 Å². The van der Waals surface area contributed by atoms with Crippen molar-refractivity contribution in [3.63, 3.8) is 0 Å². The van der Waals surface area contributed by atoms with Gasteiger partial charge in [-0.25, -0.2) is 4.79 Å². The van der Waals surface area contributed by atoms with Gasteiger partial charge in [-0.05, 0) is 17.6 Å². The van der Waals surface area contributed by atoms with E-state index in [0.717, 1.165) is 5.56 Å². The quantitative estimate of drug-likeness (QED) is 0.510. The van der Waals surface area contributed by atoms with Gasteiger partial charge in [-0.1, -0.05) is 74.6 Å². The highest BCUT2D eigenvalue weighted by atomic mass is 32.2. The van der Waals surface area contributed by atoms with Gasteiger partial charge in [-0.2, -0.15) is 0 Å². The van der Waals surface area contributed by atoms with Gasteiger partial charge in [0, 0.05) is 13.0 Å². The number of hydrogen-bond donors (Lipinski definition) is 2. The molecule has 2 N–H and O–H groups in total. The topological polar surface area (TPSA) is 86.7 Å². The maximum absolute atomic E-state index is 12.5. The molecule has 2 atom stereocenters. The number of carboxylic acid groups (broad SMARTS) is 1. The Labute approximate surface area is 168 Å². The van der Waals surface area contributed by atoms with Crippen molar-refractivity contribution in [2.24, 2.45) is 5.92 Å². The van der Waals surface area contributed by atoms with Gasteiger partial charge >= 0.3 is 5.97 Å². The molecule has 8 heteroatoms. The van der Waals surface area contributed by atoms with E-state index in [1.54, 1.807) is 13.0 Å². The molecule has 1 aromatic rings. The van der Waals surface area contributed by atoms with E-state index in [9.17, 15) is 19.5 Å². The summed E-state index contributed by atoms with van der Waals surface area (Å²) >= 11 is 6.45. The van der Waals surface area contributed by atoms with E-state index >= 15 is 0 Å². The zero-order chi connectivity index (χ0) is 20.0. The van der Waals surface area contributed by atoms with E-state index in [4.69, 9.17) is 12.2 Å². The molecule has 0 bridgehead atoms. The Bertz CT molecular complexity index is 764. The van der Waals surface area contributed by atoms with Crippen LogP contribution in [0.2, 0.25) is 0 Å². The number of thiocarbonyl (C=S) groups is 1. The van der Waals surface area contributed by atoms with Crippen LogP contribution in [0.3, 0.4) is 0 Å². The SMILES string of the molecule is CC[C@H](C)[C@H](NC(=O)CCN1C(=O)/C(=C\c2ccccc2)SC1=S)C(=O)O. The first-order valence-electron chi connectivity index (χ1n) is 8.66. The normalized spacial score (nSPS) is 17.9. The monoisotopic (exact) mass is 406 g/mol. The van der Waals surface area contributed by atoms with E-state index in [0.29, 0.717) is 15.6 Å². The largest absolute Gasteiger partial charge is 0.480 e. The van der Waals surface area contributed by atoms with Crippen molar-refractivity contribution in [2.45, 2.75) is 32.7 Å². The number of amides is 2. The molecule has 1 heterocycles. The Balaban J connectivity index is 1.96. The van der Waals surface area contributed by atoms with Crippen molar-refractivity contribution < 1.29 is 19.5 Å². The van der Waals surface area contributed by atoms with Crippen LogP contribution in [0.15, 0.2) is 35.2 Å². The summed E-state index contributed by atoms with van der Waals surface area (Å²) in [7, 11) is 0. The average Bonchev–Trinajstić information content (AvgIpc) is 2.91. The Hall–Kier alpha value is -2.19. The molecule has 1 aliphatic heterocycles. The van der Waals surface area contributed by atoms with Crippen molar-refractivity contribution in [1.82, 2.24) is 10.2 Å². The number of carbonyl (C=O) groups excluding carboxylic acids is 2. The highest BCUT2D eigenvalue weighted by molar-refractivity contribution is 8.26. The van der Waals surface area contributed by atoms with Crippen LogP contribution < -0.4 is 5.32 Å². The summed E-state index contributed by atoms with van der Waals surface area (Å²) in [6.07, 6.45) is 2.39. The highest BCUT2D eigenvalue weighted by Crippen LogP contribution is 2.32. The molecule has 0 aliphatic carbocycles. The molecular formula is C19H22N2O4S2. The summed E-state index contributed by atoms with van der Waals surface area (Å²) in [6.45, 7) is 3.76. The molecule has 1 aromatic carbocycles. The lowest BCUT2D eigenvalue weighted by molar-refractivity contribution is -0.143. The number of thioether (sulfide) groups is 1. The smallest absolute Gasteiger partial charge is 0.326 e. The van der Waals surface area contributed by atoms with Crippen LogP contribution in [0.25, 0.3) is 6.08 Å². The highest BCUT2D eigenvalue weighted by Gasteiger charge is 2.32. The lowest BCUT2D eigenvalue weighted by Crippen LogP contribution is -2.46. The van der Waals surface area contributed by atoms with Crippen LogP contribution in [0.5, 0.6) is 0 Å². The molecule has 0 spiro atoms. The molecule has 1 fully saturated rings. The minimum absolute atomic E-state index is 0.00866. The second kappa shape index (κ2) is 9.66. The number of nitrogens with one attached hydrogen (secondary N) is 1. The number of hydrogen-bond acceptors (Lipinski definition) is 5. The van der Waals surface area contributed by atoms with Gasteiger partial charge < -0.3 is 10.4 Å². The lowest BCUT2D eigenvalue weighted by atomic mass is 9.99. The summed E-state index contributed by atoms with van der Waals surface area (Å²) in [5.41, 5.74) is 0.897. The van der Waals surface area contributed by atoms with Crippen molar-refractivity contribution in [1.29, 1.82) is 0 Å². The maximum Gasteiger partial charge on any atom is 0.326 e. The van der Waals surface area contributed by atoms with Crippen LogP contribution in [-0.2, 0) is 14.4 Å². The molecule has 0 aromatic heterocycles. The number of rotatable bonds is 8. The van der Waals surface area contributed by atoms with E-state index in [2.05, 4.69) is 5.32 Å². The Morgan fingerprint density at radius 3 is 2.59 bits per heavy atom. The average molecular weight is 407 g/mol. The standard InChI is InChI=1S/C19H22N2O4S2/c1-3-12(2)16(18(24)25)20-15(22)9-10-21-17(23)14(27-19(21)26)11-13-7-5-4-6-8-13/h4-8,11-12,16H,3,9-10H2,1-2H3,(H,20,22)(H,24,25)/b14-11+/t12-,16-/m0/s1. The first kappa shape index (κ1) is 21.1. The van der Waals surface area contributed by atoms with Crippen molar-refractivity contribution in [2.75, 3.05) is 6.54 Å². The van der Waals surface area contributed by atoms with Gasteiger partial charge in [-0.15, -0.1) is 0 Å². The molecule has 2 rings (SSSR count). The zero-order valence-electron chi connectivity index (χ0n) is 15.2. The summed E-state index contributed by atoms with van der Waals surface area (Å²) < 4.78 is 0.395. The third kappa shape index (κ3) is 5.64. The van der Waals surface area contributed by atoms with Crippen LogP contribution >= 0.6 is 24.0 Å². The first-order valence-corrected chi connectivity index (χ1v) is 9.88. The fourth-order valence-corrected chi connectivity index (χ4v) is 3.84. The Kier molecular flexibility index (Phi) is 7.55. The molecule has 6 nitrogen and oxygen atoms in total. The molecular weight excluding hydrogens is 384 g/mol. The second-order valence-electron chi connectivity index (χ2n) is 6.26. The van der Waals surface area contributed by atoms with Crippen LogP contribution in [0.1, 0.15) is 32.3 Å². The number of benzene rings is 1. The predicted octanol–water partition coefficient (Wildman–Crippen LogP) is 2.89. The predicted molar refractivity (Wildman–Crippen MR) is 110 cm³/mol. The number of carboxylic acids is 1. The van der Waals surface area contributed by atoms with Crippen molar-refractivity contribution in [3.8, 4) is 0 Å². The molecule has 0 unspecified atom stereocenters. The van der Waals surface area contributed by atoms with Gasteiger partial charge in [0.05, 0.1) is 4.91 Å². The van der Waals surface area contributed by atoms with Crippen LogP contribution in [0, 0.1) is 5.92 Å². The third-order valence-electron chi connectivity index (χ3n) is 4.33. The summed E-state index contributed by atoms with van der Waals surface area (Å²) in [5.74, 6) is -1.90.